The lowest BCUT2D eigenvalue weighted by Gasteiger charge is -2.44. The van der Waals surface area contributed by atoms with E-state index in [2.05, 4.69) is 10.4 Å². The van der Waals surface area contributed by atoms with Gasteiger partial charge in [0.15, 0.2) is 5.69 Å². The molecule has 33 heavy (non-hydrogen) atoms. The van der Waals surface area contributed by atoms with E-state index in [1.165, 1.54) is 30.7 Å². The zero-order chi connectivity index (χ0) is 23.6. The maximum Gasteiger partial charge on any atom is 0.358 e. The topological polar surface area (TPSA) is 93.5 Å². The number of fused-ring (bicyclic) bond motifs is 1. The highest BCUT2D eigenvalue weighted by Crippen LogP contribution is 2.35. The third-order valence-electron chi connectivity index (χ3n) is 6.84. The molecule has 1 aliphatic carbocycles. The third-order valence-corrected chi connectivity index (χ3v) is 6.84. The van der Waals surface area contributed by atoms with E-state index >= 15 is 0 Å². The molecule has 1 N–H and O–H groups in total. The van der Waals surface area contributed by atoms with Crippen LogP contribution in [0.4, 0.5) is 5.69 Å². The number of benzene rings is 1. The highest BCUT2D eigenvalue weighted by Gasteiger charge is 2.50. The van der Waals surface area contributed by atoms with Crippen LogP contribution in [0.2, 0.25) is 0 Å². The van der Waals surface area contributed by atoms with Crippen LogP contribution < -0.4 is 10.2 Å². The number of hydrogen-bond donors (Lipinski definition) is 1. The van der Waals surface area contributed by atoms with Gasteiger partial charge in [0.05, 0.1) is 13.7 Å². The Balaban J connectivity index is 1.77. The molecule has 0 radical (unpaired) electrons. The van der Waals surface area contributed by atoms with Crippen LogP contribution >= 0.6 is 0 Å². The SMILES string of the molecule is CCc1ccccc1N1C(=O)c2cc(C(=O)OC)nn2C[C@]1(C)C(=O)NC1CCCCCC1. The van der Waals surface area contributed by atoms with Gasteiger partial charge in [0.1, 0.15) is 11.2 Å². The zero-order valence-electron chi connectivity index (χ0n) is 19.6. The number of amides is 2. The van der Waals surface area contributed by atoms with Crippen LogP contribution in [0.5, 0.6) is 0 Å². The number of rotatable bonds is 5. The first-order valence-corrected chi connectivity index (χ1v) is 11.8. The number of methoxy groups -OCH3 is 1. The van der Waals surface area contributed by atoms with Gasteiger partial charge in [0.25, 0.3) is 5.91 Å². The van der Waals surface area contributed by atoms with Crippen molar-refractivity contribution in [3.05, 3.63) is 47.3 Å². The molecule has 0 saturated heterocycles. The molecule has 1 aliphatic heterocycles. The zero-order valence-corrected chi connectivity index (χ0v) is 19.6. The molecule has 2 aliphatic rings. The summed E-state index contributed by atoms with van der Waals surface area (Å²) < 4.78 is 6.25. The fraction of sp³-hybridized carbons (Fsp3) is 0.520. The lowest BCUT2D eigenvalue weighted by Crippen LogP contribution is -2.65. The summed E-state index contributed by atoms with van der Waals surface area (Å²) in [5.74, 6) is -1.17. The van der Waals surface area contributed by atoms with Gasteiger partial charge in [0.2, 0.25) is 5.91 Å². The molecule has 4 rings (SSSR count). The molecule has 176 valence electrons. The van der Waals surface area contributed by atoms with Crippen LogP contribution in [0, 0.1) is 0 Å². The number of nitrogens with zero attached hydrogens (tertiary/aromatic N) is 3. The molecule has 2 aromatic rings. The molecule has 0 bridgehead atoms. The number of anilines is 1. The van der Waals surface area contributed by atoms with Crippen molar-refractivity contribution in [2.24, 2.45) is 0 Å². The Bertz CT molecular complexity index is 1050. The number of para-hydroxylation sites is 1. The van der Waals surface area contributed by atoms with Crippen LogP contribution in [0.25, 0.3) is 0 Å². The van der Waals surface area contributed by atoms with Crippen molar-refractivity contribution in [2.45, 2.75) is 76.9 Å². The van der Waals surface area contributed by atoms with Gasteiger partial charge in [-0.05, 0) is 37.8 Å². The largest absolute Gasteiger partial charge is 0.464 e. The molecule has 2 amide bonds. The maximum atomic E-state index is 13.8. The monoisotopic (exact) mass is 452 g/mol. The van der Waals surface area contributed by atoms with Gasteiger partial charge in [-0.1, -0.05) is 50.8 Å². The minimum atomic E-state index is -1.21. The second-order valence-corrected chi connectivity index (χ2v) is 9.12. The normalized spacial score (nSPS) is 21.3. The number of carbonyl (C=O) groups excluding carboxylic acids is 3. The van der Waals surface area contributed by atoms with Gasteiger partial charge in [-0.2, -0.15) is 5.10 Å². The average Bonchev–Trinajstić information content (AvgIpc) is 3.07. The molecule has 2 heterocycles. The summed E-state index contributed by atoms with van der Waals surface area (Å²) in [4.78, 5) is 41.3. The lowest BCUT2D eigenvalue weighted by atomic mass is 9.92. The van der Waals surface area contributed by atoms with Crippen molar-refractivity contribution in [1.82, 2.24) is 15.1 Å². The summed E-state index contributed by atoms with van der Waals surface area (Å²) in [5.41, 5.74) is 0.788. The number of aryl methyl sites for hydroxylation is 1. The maximum absolute atomic E-state index is 13.8. The Labute approximate surface area is 194 Å². The summed E-state index contributed by atoms with van der Waals surface area (Å²) >= 11 is 0. The Morgan fingerprint density at radius 3 is 2.55 bits per heavy atom. The summed E-state index contributed by atoms with van der Waals surface area (Å²) in [6.07, 6.45) is 7.16. The fourth-order valence-corrected chi connectivity index (χ4v) is 4.96. The number of nitrogens with one attached hydrogen (secondary N) is 1. The number of hydrogen-bond acceptors (Lipinski definition) is 5. The van der Waals surface area contributed by atoms with Gasteiger partial charge in [-0.15, -0.1) is 0 Å². The van der Waals surface area contributed by atoms with Gasteiger partial charge < -0.3 is 10.1 Å². The molecule has 0 unspecified atom stereocenters. The number of esters is 1. The molecule has 1 saturated carbocycles. The van der Waals surface area contributed by atoms with E-state index in [1.807, 2.05) is 31.2 Å². The molecule has 0 spiro atoms. The van der Waals surface area contributed by atoms with E-state index in [1.54, 1.807) is 11.8 Å². The summed E-state index contributed by atoms with van der Waals surface area (Å²) in [7, 11) is 1.27. The highest BCUT2D eigenvalue weighted by molar-refractivity contribution is 6.12. The quantitative estimate of drug-likeness (QED) is 0.554. The smallest absolute Gasteiger partial charge is 0.358 e. The van der Waals surface area contributed by atoms with Crippen molar-refractivity contribution >= 4 is 23.5 Å². The Morgan fingerprint density at radius 1 is 1.18 bits per heavy atom. The van der Waals surface area contributed by atoms with E-state index in [9.17, 15) is 14.4 Å². The Hall–Kier alpha value is -3.16. The standard InChI is InChI=1S/C25H32N4O4/c1-4-17-11-9-10-14-20(17)29-22(30)21-15-19(23(31)33-3)27-28(21)16-25(29,2)24(32)26-18-12-7-5-6-8-13-18/h9-11,14-15,18H,4-8,12-13,16H2,1-3H3,(H,26,32)/t25-/m1/s1. The van der Waals surface area contributed by atoms with Gasteiger partial charge in [0, 0.05) is 17.8 Å². The number of carbonyl (C=O) groups is 3. The van der Waals surface area contributed by atoms with E-state index < -0.39 is 11.5 Å². The predicted octanol–water partition coefficient (Wildman–Crippen LogP) is 3.49. The fourth-order valence-electron chi connectivity index (χ4n) is 4.96. The average molecular weight is 453 g/mol. The van der Waals surface area contributed by atoms with Crippen molar-refractivity contribution in [3.8, 4) is 0 Å². The van der Waals surface area contributed by atoms with Crippen LogP contribution in [-0.2, 0) is 22.5 Å². The molecule has 8 nitrogen and oxygen atoms in total. The van der Waals surface area contributed by atoms with Gasteiger partial charge >= 0.3 is 5.97 Å². The van der Waals surface area contributed by atoms with E-state index in [0.717, 1.165) is 31.2 Å². The second kappa shape index (κ2) is 9.37. The van der Waals surface area contributed by atoms with Crippen LogP contribution in [0.3, 0.4) is 0 Å². The molecule has 1 aromatic heterocycles. The molecular formula is C25H32N4O4. The molecule has 1 aromatic carbocycles. The first-order chi connectivity index (χ1) is 15.9. The van der Waals surface area contributed by atoms with E-state index in [4.69, 9.17) is 4.74 Å². The van der Waals surface area contributed by atoms with Gasteiger partial charge in [-0.25, -0.2) is 4.79 Å². The van der Waals surface area contributed by atoms with Crippen LogP contribution in [0.1, 0.15) is 78.9 Å². The Morgan fingerprint density at radius 2 is 1.88 bits per heavy atom. The second-order valence-electron chi connectivity index (χ2n) is 9.12. The van der Waals surface area contributed by atoms with E-state index in [0.29, 0.717) is 12.1 Å². The van der Waals surface area contributed by atoms with Crippen LogP contribution in [-0.4, -0.2) is 46.3 Å². The molecule has 1 atom stereocenters. The van der Waals surface area contributed by atoms with E-state index in [-0.39, 0.29) is 35.8 Å². The van der Waals surface area contributed by atoms with Crippen molar-refractivity contribution < 1.29 is 19.1 Å². The minimum absolute atomic E-state index is 0.0537. The van der Waals surface area contributed by atoms with Crippen LogP contribution in [0.15, 0.2) is 30.3 Å². The van der Waals surface area contributed by atoms with Gasteiger partial charge in [-0.3, -0.25) is 19.2 Å². The summed E-state index contributed by atoms with van der Waals surface area (Å²) in [6.45, 7) is 3.95. The van der Waals surface area contributed by atoms with Crippen molar-refractivity contribution in [1.29, 1.82) is 0 Å². The van der Waals surface area contributed by atoms with Crippen molar-refractivity contribution in [2.75, 3.05) is 12.0 Å². The highest BCUT2D eigenvalue weighted by atomic mass is 16.5. The number of aromatic nitrogens is 2. The predicted molar refractivity (Wildman–Crippen MR) is 124 cm³/mol. The minimum Gasteiger partial charge on any atom is -0.464 e. The molecule has 8 heteroatoms. The molecular weight excluding hydrogens is 420 g/mol. The number of ether oxygens (including phenoxy) is 1. The first kappa shape index (κ1) is 23.0. The Kier molecular flexibility index (Phi) is 6.54. The third kappa shape index (κ3) is 4.26. The molecule has 1 fully saturated rings. The summed E-state index contributed by atoms with van der Waals surface area (Å²) in [6, 6.07) is 9.19. The first-order valence-electron chi connectivity index (χ1n) is 11.8. The van der Waals surface area contributed by atoms with Crippen molar-refractivity contribution in [3.63, 3.8) is 0 Å². The lowest BCUT2D eigenvalue weighted by molar-refractivity contribution is -0.127. The summed E-state index contributed by atoms with van der Waals surface area (Å²) in [5, 5.41) is 7.53.